The van der Waals surface area contributed by atoms with Crippen molar-refractivity contribution in [3.63, 3.8) is 0 Å². The van der Waals surface area contributed by atoms with Gasteiger partial charge in [0.1, 0.15) is 12.0 Å². The molecule has 0 bridgehead atoms. The Morgan fingerprint density at radius 2 is 2.18 bits per heavy atom. The Hall–Kier alpha value is -3.46. The van der Waals surface area contributed by atoms with E-state index < -0.39 is 5.91 Å². The Morgan fingerprint density at radius 1 is 1.29 bits per heavy atom. The molecule has 1 aliphatic rings. The standard InChI is InChI=1S/C19H21N7O2/c20-12-2-1-8-26(11-12)16-5-6-22-10-15(16)25-18(27)17-13(21)3-4-14(24-17)19-23-7-9-28-19/h3-7,9-10,12H,1-2,8,11,20-21H2,(H,25,27). The highest BCUT2D eigenvalue weighted by Crippen LogP contribution is 2.28. The minimum absolute atomic E-state index is 0.0980. The number of nitrogen functional groups attached to an aromatic ring is 1. The van der Waals surface area contributed by atoms with Crippen LogP contribution < -0.4 is 21.7 Å². The molecule has 1 fully saturated rings. The Bertz CT molecular complexity index is 974. The summed E-state index contributed by atoms with van der Waals surface area (Å²) in [6, 6.07) is 5.24. The highest BCUT2D eigenvalue weighted by molar-refractivity contribution is 6.07. The van der Waals surface area contributed by atoms with Gasteiger partial charge in [0, 0.05) is 25.3 Å². The summed E-state index contributed by atoms with van der Waals surface area (Å²) in [5, 5.41) is 2.87. The number of nitrogens with zero attached hydrogens (tertiary/aromatic N) is 4. The fourth-order valence-corrected chi connectivity index (χ4v) is 3.29. The first-order chi connectivity index (χ1) is 13.6. The smallest absolute Gasteiger partial charge is 0.276 e. The second kappa shape index (κ2) is 7.65. The van der Waals surface area contributed by atoms with Gasteiger partial charge in [-0.3, -0.25) is 9.78 Å². The number of carbonyl (C=O) groups excluding carboxylic acids is 1. The summed E-state index contributed by atoms with van der Waals surface area (Å²) >= 11 is 0. The van der Waals surface area contributed by atoms with Gasteiger partial charge in [-0.1, -0.05) is 0 Å². The Balaban J connectivity index is 1.60. The molecule has 9 heteroatoms. The van der Waals surface area contributed by atoms with Crippen molar-refractivity contribution in [2.24, 2.45) is 5.73 Å². The Labute approximate surface area is 161 Å². The molecule has 0 saturated carbocycles. The van der Waals surface area contributed by atoms with Crippen LogP contribution in [-0.4, -0.2) is 40.0 Å². The average molecular weight is 379 g/mol. The van der Waals surface area contributed by atoms with Crippen molar-refractivity contribution in [2.45, 2.75) is 18.9 Å². The monoisotopic (exact) mass is 379 g/mol. The number of pyridine rings is 2. The SMILES string of the molecule is Nc1ccc(-c2ncco2)nc1C(=O)Nc1cnccc1N1CCCC(N)C1. The first-order valence-corrected chi connectivity index (χ1v) is 9.04. The number of hydrogen-bond acceptors (Lipinski definition) is 8. The van der Waals surface area contributed by atoms with Gasteiger partial charge in [0.25, 0.3) is 5.91 Å². The third kappa shape index (κ3) is 3.65. The zero-order chi connectivity index (χ0) is 19.5. The molecule has 4 rings (SSSR count). The lowest BCUT2D eigenvalue weighted by Gasteiger charge is -2.33. The molecule has 0 aromatic carbocycles. The lowest BCUT2D eigenvalue weighted by atomic mass is 10.1. The first kappa shape index (κ1) is 17.9. The molecule has 144 valence electrons. The molecule has 3 aromatic rings. The summed E-state index contributed by atoms with van der Waals surface area (Å²) in [5.74, 6) is -0.111. The fraction of sp³-hybridized carbons (Fsp3) is 0.263. The van der Waals surface area contributed by atoms with Crippen LogP contribution in [0.15, 0.2) is 47.5 Å². The molecule has 0 radical (unpaired) electrons. The molecular weight excluding hydrogens is 358 g/mol. The van der Waals surface area contributed by atoms with Crippen LogP contribution in [0.1, 0.15) is 23.3 Å². The number of aromatic nitrogens is 3. The molecule has 1 aliphatic heterocycles. The molecular formula is C19H21N7O2. The number of oxazole rings is 1. The lowest BCUT2D eigenvalue weighted by Crippen LogP contribution is -2.43. The van der Waals surface area contributed by atoms with Gasteiger partial charge in [-0.2, -0.15) is 0 Å². The molecule has 1 unspecified atom stereocenters. The quantitative estimate of drug-likeness (QED) is 0.625. The molecule has 9 nitrogen and oxygen atoms in total. The zero-order valence-corrected chi connectivity index (χ0v) is 15.2. The Kier molecular flexibility index (Phi) is 4.90. The van der Waals surface area contributed by atoms with Crippen molar-refractivity contribution >= 4 is 23.0 Å². The van der Waals surface area contributed by atoms with Crippen LogP contribution in [0.5, 0.6) is 0 Å². The van der Waals surface area contributed by atoms with Crippen LogP contribution in [0.4, 0.5) is 17.1 Å². The Morgan fingerprint density at radius 3 is 2.96 bits per heavy atom. The molecule has 1 amide bonds. The predicted molar refractivity (Wildman–Crippen MR) is 106 cm³/mol. The minimum atomic E-state index is -0.429. The van der Waals surface area contributed by atoms with Crippen LogP contribution in [0.25, 0.3) is 11.6 Å². The summed E-state index contributed by atoms with van der Waals surface area (Å²) < 4.78 is 5.25. The van der Waals surface area contributed by atoms with E-state index >= 15 is 0 Å². The van der Waals surface area contributed by atoms with E-state index in [4.69, 9.17) is 15.9 Å². The van der Waals surface area contributed by atoms with Crippen LogP contribution in [0.3, 0.4) is 0 Å². The van der Waals surface area contributed by atoms with Gasteiger partial charge >= 0.3 is 0 Å². The van der Waals surface area contributed by atoms with Crippen molar-refractivity contribution in [3.8, 4) is 11.6 Å². The minimum Gasteiger partial charge on any atom is -0.443 e. The number of nitrogens with two attached hydrogens (primary N) is 2. The molecule has 4 heterocycles. The largest absolute Gasteiger partial charge is 0.443 e. The lowest BCUT2D eigenvalue weighted by molar-refractivity contribution is 0.102. The molecule has 3 aromatic heterocycles. The van der Waals surface area contributed by atoms with E-state index in [-0.39, 0.29) is 17.4 Å². The summed E-state index contributed by atoms with van der Waals surface area (Å²) in [4.78, 5) is 27.5. The summed E-state index contributed by atoms with van der Waals surface area (Å²) in [7, 11) is 0. The molecule has 1 atom stereocenters. The van der Waals surface area contributed by atoms with E-state index in [0.29, 0.717) is 17.3 Å². The van der Waals surface area contributed by atoms with Crippen LogP contribution in [0, 0.1) is 0 Å². The molecule has 0 spiro atoms. The number of anilines is 3. The van der Waals surface area contributed by atoms with E-state index in [1.165, 1.54) is 12.5 Å². The molecule has 0 aliphatic carbocycles. The molecule has 28 heavy (non-hydrogen) atoms. The number of amides is 1. The highest BCUT2D eigenvalue weighted by atomic mass is 16.3. The van der Waals surface area contributed by atoms with Crippen molar-refractivity contribution in [3.05, 3.63) is 48.7 Å². The first-order valence-electron chi connectivity index (χ1n) is 9.04. The van der Waals surface area contributed by atoms with Gasteiger partial charge in [0.15, 0.2) is 5.69 Å². The van der Waals surface area contributed by atoms with Crippen LogP contribution >= 0.6 is 0 Å². The maximum Gasteiger partial charge on any atom is 0.276 e. The third-order valence-electron chi connectivity index (χ3n) is 4.64. The maximum absolute atomic E-state index is 12.9. The van der Waals surface area contributed by atoms with Gasteiger partial charge in [-0.05, 0) is 31.0 Å². The topological polar surface area (TPSA) is 136 Å². The number of hydrogen-bond donors (Lipinski definition) is 3. The van der Waals surface area contributed by atoms with Crippen LogP contribution in [-0.2, 0) is 0 Å². The number of rotatable bonds is 4. The normalized spacial score (nSPS) is 16.8. The molecule has 5 N–H and O–H groups in total. The van der Waals surface area contributed by atoms with Crippen molar-refractivity contribution in [1.82, 2.24) is 15.0 Å². The van der Waals surface area contributed by atoms with Crippen molar-refractivity contribution in [2.75, 3.05) is 29.0 Å². The van der Waals surface area contributed by atoms with Gasteiger partial charge in [-0.15, -0.1) is 0 Å². The van der Waals surface area contributed by atoms with Gasteiger partial charge < -0.3 is 26.1 Å². The summed E-state index contributed by atoms with van der Waals surface area (Å²) in [6.07, 6.45) is 8.26. The zero-order valence-electron chi connectivity index (χ0n) is 15.2. The average Bonchev–Trinajstić information content (AvgIpc) is 3.23. The summed E-state index contributed by atoms with van der Waals surface area (Å²) in [6.45, 7) is 1.60. The van der Waals surface area contributed by atoms with Crippen LogP contribution in [0.2, 0.25) is 0 Å². The van der Waals surface area contributed by atoms with Gasteiger partial charge in [0.2, 0.25) is 5.89 Å². The van der Waals surface area contributed by atoms with Crippen molar-refractivity contribution in [1.29, 1.82) is 0 Å². The van der Waals surface area contributed by atoms with E-state index in [2.05, 4.69) is 25.2 Å². The maximum atomic E-state index is 12.9. The molecule has 1 saturated heterocycles. The van der Waals surface area contributed by atoms with Gasteiger partial charge in [-0.25, -0.2) is 9.97 Å². The van der Waals surface area contributed by atoms with Gasteiger partial charge in [0.05, 0.1) is 29.5 Å². The van der Waals surface area contributed by atoms with E-state index in [1.54, 1.807) is 24.5 Å². The number of carbonyl (C=O) groups is 1. The number of nitrogens with one attached hydrogen (secondary N) is 1. The summed E-state index contributed by atoms with van der Waals surface area (Å²) in [5.41, 5.74) is 14.3. The van der Waals surface area contributed by atoms with Crippen molar-refractivity contribution < 1.29 is 9.21 Å². The second-order valence-corrected chi connectivity index (χ2v) is 6.67. The number of piperidine rings is 1. The highest BCUT2D eigenvalue weighted by Gasteiger charge is 2.21. The second-order valence-electron chi connectivity index (χ2n) is 6.67. The van der Waals surface area contributed by atoms with E-state index in [0.717, 1.165) is 31.6 Å². The third-order valence-corrected chi connectivity index (χ3v) is 4.64. The fourth-order valence-electron chi connectivity index (χ4n) is 3.29. The van der Waals surface area contributed by atoms with E-state index in [1.807, 2.05) is 6.07 Å². The predicted octanol–water partition coefficient (Wildman–Crippen LogP) is 1.89. The van der Waals surface area contributed by atoms with E-state index in [9.17, 15) is 4.79 Å².